The monoisotopic (exact) mass is 1140 g/mol. The summed E-state index contributed by atoms with van der Waals surface area (Å²) in [7, 11) is 1.14. The molecule has 0 aliphatic carbocycles. The van der Waals surface area contributed by atoms with Crippen LogP contribution < -0.4 is 10.2 Å². The molecule has 10 heteroatoms. The molecule has 0 aliphatic rings. The van der Waals surface area contributed by atoms with E-state index in [1.807, 2.05) is 94.1 Å². The van der Waals surface area contributed by atoms with Gasteiger partial charge in [0.25, 0.3) is 7.82 Å². The van der Waals surface area contributed by atoms with Gasteiger partial charge in [-0.15, -0.1) is 0 Å². The summed E-state index contributed by atoms with van der Waals surface area (Å²) in [6.45, 7) is 6.62. The number of allylic oxidation sites excluding steroid dienone is 21. The highest BCUT2D eigenvalue weighted by atomic mass is 31.2. The van der Waals surface area contributed by atoms with Gasteiger partial charge in [0.2, 0.25) is 5.91 Å². The molecule has 0 fully saturated rings. The van der Waals surface area contributed by atoms with Crippen LogP contribution in [0.25, 0.3) is 0 Å². The van der Waals surface area contributed by atoms with Gasteiger partial charge in [-0.05, 0) is 96.0 Å². The number of phosphoric ester groups is 1. The molecule has 3 unspecified atom stereocenters. The number of hydrogen-bond donors (Lipinski definition) is 1. The Labute approximate surface area is 498 Å². The normalized spacial score (nSPS) is 14.5. The van der Waals surface area contributed by atoms with Crippen LogP contribution in [0.3, 0.4) is 0 Å². The van der Waals surface area contributed by atoms with E-state index >= 15 is 0 Å². The number of nitrogens with one attached hydrogen (secondary N) is 1. The molecular weight excluding hydrogens is 1020 g/mol. The fraction of sp³-hybridized carbons (Fsp3) is 0.662. The Morgan fingerprint density at radius 2 is 0.840 bits per heavy atom. The molecule has 1 N–H and O–H groups in total. The Balaban J connectivity index is 5.15. The first-order valence-corrected chi connectivity index (χ1v) is 34.0. The van der Waals surface area contributed by atoms with Crippen molar-refractivity contribution in [3.05, 3.63) is 134 Å². The number of phosphoric acid groups is 1. The Kier molecular flexibility index (Phi) is 56.5. The third kappa shape index (κ3) is 60.6. The first-order chi connectivity index (χ1) is 39.4. The summed E-state index contributed by atoms with van der Waals surface area (Å²) in [6, 6.07) is -0.918. The number of ether oxygens (including phenoxy) is 1. The second kappa shape index (κ2) is 59.3. The largest absolute Gasteiger partial charge is 0.756 e. The van der Waals surface area contributed by atoms with Gasteiger partial charge in [-0.3, -0.25) is 14.2 Å². The maximum absolute atomic E-state index is 13.6. The van der Waals surface area contributed by atoms with Crippen molar-refractivity contribution in [3.63, 3.8) is 0 Å². The Hall–Kier alpha value is -3.85. The highest BCUT2D eigenvalue weighted by Crippen LogP contribution is 2.38. The molecule has 0 aliphatic heterocycles. The first kappa shape index (κ1) is 77.2. The average molecular weight is 1150 g/mol. The molecule has 0 radical (unpaired) electrons. The third-order valence-electron chi connectivity index (χ3n) is 13.7. The molecule has 3 atom stereocenters. The molecule has 0 heterocycles. The van der Waals surface area contributed by atoms with E-state index in [0.717, 1.165) is 96.3 Å². The molecule has 9 nitrogen and oxygen atoms in total. The van der Waals surface area contributed by atoms with Gasteiger partial charge in [0.05, 0.1) is 33.8 Å². The van der Waals surface area contributed by atoms with Crippen molar-refractivity contribution >= 4 is 19.7 Å². The number of nitrogens with zero attached hydrogens (tertiary/aromatic N) is 1. The van der Waals surface area contributed by atoms with Crippen molar-refractivity contribution in [1.82, 2.24) is 5.32 Å². The summed E-state index contributed by atoms with van der Waals surface area (Å²) in [5.74, 6) is -0.604. The molecule has 0 aromatic carbocycles. The maximum Gasteiger partial charge on any atom is 0.306 e. The molecular formula is C71H121N2O7P. The minimum atomic E-state index is -4.72. The standard InChI is InChI=1S/C71H121N2O7P/c1-7-10-13-16-19-22-25-27-29-31-32-33-34-35-36-37-38-39-40-42-43-45-48-51-54-57-60-63-70(74)72-68(67-79-81(76,77)78-66-65-73(4,5)6)69(62-59-56-53-50-47-24-21-18-15-12-9-3)80-71(75)64-61-58-55-52-49-46-44-41-30-28-26-23-20-17-14-11-8-2/h11,14,17,19-20,22-23,26-30,32-33,35-36,41,44,46,49,59,62,68-69H,7-10,12-13,15-16,18,21,24-25,31,34,37-40,42-43,45,47-48,50-58,60-61,63-67H2,1-6H3,(H-,72,74,76,77)/b14-11-,20-17+,22-19-,26-23+,29-27-,30-28-,33-32-,36-35-,44-41+,49-46+,62-59-. The van der Waals surface area contributed by atoms with Crippen LogP contribution in [0.4, 0.5) is 0 Å². The molecule has 0 saturated heterocycles. The fourth-order valence-corrected chi connectivity index (χ4v) is 9.44. The molecule has 0 spiro atoms. The number of carbonyl (C=O) groups excluding carboxylic acids is 2. The zero-order valence-corrected chi connectivity index (χ0v) is 53.6. The zero-order valence-electron chi connectivity index (χ0n) is 52.7. The van der Waals surface area contributed by atoms with E-state index in [2.05, 4.69) is 86.8 Å². The molecule has 0 bridgehead atoms. The highest BCUT2D eigenvalue weighted by Gasteiger charge is 2.27. The van der Waals surface area contributed by atoms with Crippen LogP contribution in [0.2, 0.25) is 0 Å². The topological polar surface area (TPSA) is 114 Å². The van der Waals surface area contributed by atoms with E-state index in [4.69, 9.17) is 13.8 Å². The van der Waals surface area contributed by atoms with Gasteiger partial charge in [0, 0.05) is 12.8 Å². The number of hydrogen-bond acceptors (Lipinski definition) is 7. The van der Waals surface area contributed by atoms with Crippen molar-refractivity contribution < 1.29 is 37.3 Å². The van der Waals surface area contributed by atoms with Crippen molar-refractivity contribution in [1.29, 1.82) is 0 Å². The van der Waals surface area contributed by atoms with E-state index in [1.54, 1.807) is 0 Å². The van der Waals surface area contributed by atoms with E-state index in [0.29, 0.717) is 23.9 Å². The van der Waals surface area contributed by atoms with Crippen LogP contribution in [-0.4, -0.2) is 69.4 Å². The van der Waals surface area contributed by atoms with Crippen LogP contribution >= 0.6 is 7.82 Å². The van der Waals surface area contributed by atoms with E-state index in [-0.39, 0.29) is 24.9 Å². The lowest BCUT2D eigenvalue weighted by Crippen LogP contribution is -2.47. The van der Waals surface area contributed by atoms with Gasteiger partial charge >= 0.3 is 5.97 Å². The van der Waals surface area contributed by atoms with Crippen molar-refractivity contribution in [2.75, 3.05) is 40.9 Å². The summed E-state index contributed by atoms with van der Waals surface area (Å²) in [4.78, 5) is 40.0. The molecule has 462 valence electrons. The van der Waals surface area contributed by atoms with Crippen LogP contribution in [0.1, 0.15) is 252 Å². The maximum atomic E-state index is 13.6. The van der Waals surface area contributed by atoms with Crippen molar-refractivity contribution in [3.8, 4) is 0 Å². The van der Waals surface area contributed by atoms with Gasteiger partial charge in [-0.2, -0.15) is 0 Å². The van der Waals surface area contributed by atoms with E-state index in [1.165, 1.54) is 116 Å². The van der Waals surface area contributed by atoms with Crippen LogP contribution in [-0.2, 0) is 27.9 Å². The van der Waals surface area contributed by atoms with Gasteiger partial charge in [0.15, 0.2) is 0 Å². The molecule has 81 heavy (non-hydrogen) atoms. The quantitative estimate of drug-likeness (QED) is 0.0161. The zero-order chi connectivity index (χ0) is 59.3. The van der Waals surface area contributed by atoms with Crippen LogP contribution in [0.15, 0.2) is 134 Å². The average Bonchev–Trinajstić information content (AvgIpc) is 3.43. The van der Waals surface area contributed by atoms with Gasteiger partial charge in [-0.1, -0.05) is 277 Å². The smallest absolute Gasteiger partial charge is 0.306 e. The SMILES string of the molecule is CC\C=C/C=C/C=C/C=C\C=C\C=C\CCCCCC(=O)OC(/C=C\CCCCCCCCCCC)C(COP(=O)([O-])OCC[N+](C)(C)C)NC(=O)CCCCCCCCCCCCC/C=C\C/C=C\C/C=C\C/C=C\CCCCC. The van der Waals surface area contributed by atoms with E-state index < -0.39 is 26.6 Å². The summed E-state index contributed by atoms with van der Waals surface area (Å²) in [6.07, 6.45) is 84.3. The number of rotatable bonds is 57. The molecule has 0 rings (SSSR count). The van der Waals surface area contributed by atoms with E-state index in [9.17, 15) is 19.0 Å². The molecule has 1 amide bonds. The lowest BCUT2D eigenvalue weighted by Gasteiger charge is -2.30. The number of esters is 1. The predicted octanol–water partition coefficient (Wildman–Crippen LogP) is 19.8. The van der Waals surface area contributed by atoms with Crippen molar-refractivity contribution in [2.45, 2.75) is 264 Å². The van der Waals surface area contributed by atoms with Gasteiger partial charge in [0.1, 0.15) is 19.3 Å². The minimum absolute atomic E-state index is 0.0379. The molecule has 0 saturated carbocycles. The fourth-order valence-electron chi connectivity index (χ4n) is 8.71. The summed E-state index contributed by atoms with van der Waals surface area (Å²) in [5, 5.41) is 3.01. The highest BCUT2D eigenvalue weighted by molar-refractivity contribution is 7.45. The first-order valence-electron chi connectivity index (χ1n) is 32.6. The van der Waals surface area contributed by atoms with Gasteiger partial charge in [-0.25, -0.2) is 0 Å². The Morgan fingerprint density at radius 3 is 1.33 bits per heavy atom. The Morgan fingerprint density at radius 1 is 0.457 bits per heavy atom. The van der Waals surface area contributed by atoms with Crippen molar-refractivity contribution in [2.24, 2.45) is 0 Å². The van der Waals surface area contributed by atoms with Crippen LogP contribution in [0, 0.1) is 0 Å². The van der Waals surface area contributed by atoms with Gasteiger partial charge < -0.3 is 28.5 Å². The molecule has 0 aromatic rings. The number of unbranched alkanes of at least 4 members (excludes halogenated alkanes) is 26. The number of likely N-dealkylation sites (N-methyl/N-ethyl adjacent to an activating group) is 1. The minimum Gasteiger partial charge on any atom is -0.756 e. The number of carbonyl (C=O) groups is 2. The second-order valence-electron chi connectivity index (χ2n) is 22.7. The lowest BCUT2D eigenvalue weighted by atomic mass is 10.0. The predicted molar refractivity (Wildman–Crippen MR) is 348 cm³/mol. The third-order valence-corrected chi connectivity index (χ3v) is 14.7. The number of quaternary nitrogens is 1. The number of amides is 1. The lowest BCUT2D eigenvalue weighted by molar-refractivity contribution is -0.870. The van der Waals surface area contributed by atoms with Crippen LogP contribution in [0.5, 0.6) is 0 Å². The second-order valence-corrected chi connectivity index (χ2v) is 24.1. The summed E-state index contributed by atoms with van der Waals surface area (Å²) in [5.41, 5.74) is 0. The summed E-state index contributed by atoms with van der Waals surface area (Å²) < 4.78 is 30.3. The summed E-state index contributed by atoms with van der Waals surface area (Å²) >= 11 is 0. The Bertz CT molecular complexity index is 1850. The molecule has 0 aromatic heterocycles.